The van der Waals surface area contributed by atoms with Gasteiger partial charge in [-0.15, -0.1) is 0 Å². The number of carboxylic acids is 1. The largest absolute Gasteiger partial charge is 0.508 e. The number of allylic oxidation sites excluding steroid dienone is 3. The highest BCUT2D eigenvalue weighted by Crippen LogP contribution is 2.51. The predicted molar refractivity (Wildman–Crippen MR) is 112 cm³/mol. The van der Waals surface area contributed by atoms with Gasteiger partial charge in [0.15, 0.2) is 0 Å². The minimum absolute atomic E-state index is 0.209. The molecule has 0 saturated heterocycles. The van der Waals surface area contributed by atoms with Crippen LogP contribution in [0.3, 0.4) is 0 Å². The maximum Gasteiger partial charge on any atom is 0.331 e. The molecule has 29 heavy (non-hydrogen) atoms. The number of fused-ring (bicyclic) bond motifs is 3. The molecule has 2 aromatic carbocycles. The summed E-state index contributed by atoms with van der Waals surface area (Å²) in [6.07, 6.45) is 6.69. The highest BCUT2D eigenvalue weighted by molar-refractivity contribution is 5.88. The van der Waals surface area contributed by atoms with E-state index in [2.05, 4.69) is 6.08 Å². The van der Waals surface area contributed by atoms with Gasteiger partial charge in [-0.25, -0.2) is 4.79 Å². The first-order chi connectivity index (χ1) is 13.9. The lowest BCUT2D eigenvalue weighted by Gasteiger charge is -2.45. The molecule has 0 amide bonds. The van der Waals surface area contributed by atoms with Crippen LogP contribution in [0, 0.1) is 0 Å². The molecule has 2 aliphatic rings. The van der Waals surface area contributed by atoms with Gasteiger partial charge in [-0.2, -0.15) is 0 Å². The smallest absolute Gasteiger partial charge is 0.331 e. The van der Waals surface area contributed by atoms with E-state index in [9.17, 15) is 20.1 Å². The van der Waals surface area contributed by atoms with Gasteiger partial charge in [0.25, 0.3) is 0 Å². The molecular formula is C25H26O4. The first-order valence-corrected chi connectivity index (χ1v) is 10.2. The van der Waals surface area contributed by atoms with Crippen molar-refractivity contribution in [1.29, 1.82) is 0 Å². The molecule has 0 spiro atoms. The van der Waals surface area contributed by atoms with E-state index >= 15 is 0 Å². The zero-order chi connectivity index (χ0) is 20.6. The second-order valence-electron chi connectivity index (χ2n) is 8.10. The quantitative estimate of drug-likeness (QED) is 0.640. The van der Waals surface area contributed by atoms with Gasteiger partial charge in [0.2, 0.25) is 0 Å². The van der Waals surface area contributed by atoms with Gasteiger partial charge in [-0.1, -0.05) is 36.8 Å². The van der Waals surface area contributed by atoms with E-state index in [1.807, 2.05) is 31.2 Å². The van der Waals surface area contributed by atoms with Gasteiger partial charge >= 0.3 is 5.97 Å². The van der Waals surface area contributed by atoms with Gasteiger partial charge in [0, 0.05) is 11.0 Å². The summed E-state index contributed by atoms with van der Waals surface area (Å²) in [4.78, 5) is 11.7. The van der Waals surface area contributed by atoms with Crippen LogP contribution < -0.4 is 0 Å². The summed E-state index contributed by atoms with van der Waals surface area (Å²) in [6, 6.07) is 13.0. The van der Waals surface area contributed by atoms with Gasteiger partial charge in [-0.3, -0.25) is 0 Å². The predicted octanol–water partition coefficient (Wildman–Crippen LogP) is 5.04. The van der Waals surface area contributed by atoms with Crippen molar-refractivity contribution < 1.29 is 20.1 Å². The Kier molecular flexibility index (Phi) is 4.95. The van der Waals surface area contributed by atoms with Crippen molar-refractivity contribution in [1.82, 2.24) is 0 Å². The minimum atomic E-state index is -0.827. The van der Waals surface area contributed by atoms with Gasteiger partial charge in [0.05, 0.1) is 0 Å². The van der Waals surface area contributed by atoms with Crippen molar-refractivity contribution in [3.63, 3.8) is 0 Å². The molecule has 4 heteroatoms. The van der Waals surface area contributed by atoms with E-state index in [-0.39, 0.29) is 16.9 Å². The fraction of sp³-hybridized carbons (Fsp3) is 0.320. The maximum absolute atomic E-state index is 11.7. The normalized spacial score (nSPS) is 22.3. The van der Waals surface area contributed by atoms with Crippen LogP contribution in [0.5, 0.6) is 11.5 Å². The highest BCUT2D eigenvalue weighted by Gasteiger charge is 2.42. The minimum Gasteiger partial charge on any atom is -0.508 e. The lowest BCUT2D eigenvalue weighted by atomic mass is 9.59. The summed E-state index contributed by atoms with van der Waals surface area (Å²) >= 11 is 0. The second kappa shape index (κ2) is 7.43. The molecule has 0 fully saturated rings. The summed E-state index contributed by atoms with van der Waals surface area (Å²) < 4.78 is 0. The molecule has 0 radical (unpaired) electrons. The number of carbonyl (C=O) groups is 1. The lowest BCUT2D eigenvalue weighted by molar-refractivity contribution is -0.132. The van der Waals surface area contributed by atoms with Crippen LogP contribution in [0.1, 0.15) is 49.3 Å². The third-order valence-corrected chi connectivity index (χ3v) is 6.49. The van der Waals surface area contributed by atoms with Crippen molar-refractivity contribution in [3.8, 4) is 11.5 Å². The van der Waals surface area contributed by atoms with Gasteiger partial charge in [-0.05, 0) is 85.1 Å². The molecule has 0 bridgehead atoms. The van der Waals surface area contributed by atoms with Crippen LogP contribution in [-0.2, 0) is 23.1 Å². The monoisotopic (exact) mass is 390 g/mol. The molecule has 1 atom stereocenters. The van der Waals surface area contributed by atoms with Crippen molar-refractivity contribution in [2.75, 3.05) is 0 Å². The Labute approximate surface area is 170 Å². The van der Waals surface area contributed by atoms with Crippen molar-refractivity contribution >= 4 is 5.97 Å². The van der Waals surface area contributed by atoms with Crippen LogP contribution in [-0.4, -0.2) is 21.3 Å². The summed E-state index contributed by atoms with van der Waals surface area (Å²) in [7, 11) is 0. The first-order valence-electron chi connectivity index (χ1n) is 10.2. The number of aliphatic carboxylic acids is 1. The fourth-order valence-electron chi connectivity index (χ4n) is 5.08. The molecule has 0 heterocycles. The van der Waals surface area contributed by atoms with E-state index in [1.165, 1.54) is 16.7 Å². The first kappa shape index (κ1) is 19.3. The van der Waals surface area contributed by atoms with Crippen LogP contribution in [0.15, 0.2) is 65.3 Å². The Balaban J connectivity index is 1.87. The molecule has 1 unspecified atom stereocenters. The Morgan fingerprint density at radius 2 is 1.72 bits per heavy atom. The van der Waals surface area contributed by atoms with E-state index in [0.29, 0.717) is 12.0 Å². The number of benzene rings is 2. The van der Waals surface area contributed by atoms with Crippen LogP contribution >= 0.6 is 0 Å². The number of aromatic hydroxyl groups is 2. The van der Waals surface area contributed by atoms with Gasteiger partial charge in [0.1, 0.15) is 11.5 Å². The van der Waals surface area contributed by atoms with E-state index < -0.39 is 5.97 Å². The molecule has 2 aliphatic carbocycles. The highest BCUT2D eigenvalue weighted by atomic mass is 16.4. The summed E-state index contributed by atoms with van der Waals surface area (Å²) in [5.74, 6) is -0.295. The van der Waals surface area contributed by atoms with Gasteiger partial charge < -0.3 is 15.3 Å². The van der Waals surface area contributed by atoms with Crippen molar-refractivity contribution in [3.05, 3.63) is 82.0 Å². The van der Waals surface area contributed by atoms with Crippen LogP contribution in [0.25, 0.3) is 0 Å². The summed E-state index contributed by atoms with van der Waals surface area (Å²) in [6.45, 7) is 1.90. The summed E-state index contributed by atoms with van der Waals surface area (Å²) in [5.41, 5.74) is 6.05. The zero-order valence-corrected chi connectivity index (χ0v) is 16.6. The van der Waals surface area contributed by atoms with Crippen molar-refractivity contribution in [2.45, 2.75) is 50.9 Å². The zero-order valence-electron chi connectivity index (χ0n) is 16.6. The molecule has 3 N–H and O–H groups in total. The molecule has 0 aliphatic heterocycles. The molecule has 2 aromatic rings. The Morgan fingerprint density at radius 3 is 2.41 bits per heavy atom. The Hall–Kier alpha value is -3.01. The SMILES string of the molecule is CCC(C(=O)O)=C1C=C2CCc3cc(O)ccc3C2(Cc2ccc(O)cc2)CC1. The Morgan fingerprint density at radius 1 is 1.00 bits per heavy atom. The summed E-state index contributed by atoms with van der Waals surface area (Å²) in [5, 5.41) is 29.2. The second-order valence-corrected chi connectivity index (χ2v) is 8.10. The molecule has 0 saturated carbocycles. The van der Waals surface area contributed by atoms with Crippen LogP contribution in [0.4, 0.5) is 0 Å². The molecule has 0 aromatic heterocycles. The number of phenolic OH excluding ortho intramolecular Hbond substituents is 2. The fourth-order valence-corrected chi connectivity index (χ4v) is 5.08. The average Bonchev–Trinajstić information content (AvgIpc) is 2.70. The molecule has 4 rings (SSSR count). The van der Waals surface area contributed by atoms with Crippen molar-refractivity contribution in [2.24, 2.45) is 0 Å². The third-order valence-electron chi connectivity index (χ3n) is 6.49. The number of phenols is 2. The number of hydrogen-bond acceptors (Lipinski definition) is 3. The topological polar surface area (TPSA) is 77.8 Å². The Bertz CT molecular complexity index is 1010. The number of hydrogen-bond donors (Lipinski definition) is 3. The number of aryl methyl sites for hydroxylation is 1. The molecule has 150 valence electrons. The van der Waals surface area contributed by atoms with Crippen LogP contribution in [0.2, 0.25) is 0 Å². The van der Waals surface area contributed by atoms with E-state index in [0.717, 1.165) is 43.2 Å². The third kappa shape index (κ3) is 3.44. The molecule has 4 nitrogen and oxygen atoms in total. The average molecular weight is 390 g/mol. The number of rotatable bonds is 4. The maximum atomic E-state index is 11.7. The van der Waals surface area contributed by atoms with E-state index in [4.69, 9.17) is 0 Å². The lowest BCUT2D eigenvalue weighted by Crippen LogP contribution is -2.38. The standard InChI is InChI=1S/C25H26O4/c1-2-22(24(28)29)17-11-12-25(15-16-3-7-20(26)8-4-16)19(13-17)6-5-18-14-21(27)9-10-23(18)25/h3-4,7-10,13-14,26-27H,2,5-6,11-12,15H2,1H3,(H,28,29). The molecular weight excluding hydrogens is 364 g/mol. The van der Waals surface area contributed by atoms with E-state index in [1.54, 1.807) is 18.2 Å². The number of carboxylic acid groups (broad SMARTS) is 1.